The molecule has 1 fully saturated rings. The predicted molar refractivity (Wildman–Crippen MR) is 115 cm³/mol. The molecule has 1 saturated heterocycles. The SMILES string of the molecule is CSc1ccc(NC(=O)C2CCN(Cc3nc(-c4ccccc4)no3)CC2)cc1. The smallest absolute Gasteiger partial charge is 0.241 e. The van der Waals surface area contributed by atoms with E-state index in [1.165, 1.54) is 4.90 Å². The van der Waals surface area contributed by atoms with Gasteiger partial charge in [0, 0.05) is 22.1 Å². The molecule has 7 heteroatoms. The van der Waals surface area contributed by atoms with E-state index in [0.29, 0.717) is 18.3 Å². The van der Waals surface area contributed by atoms with Crippen molar-refractivity contribution in [1.29, 1.82) is 0 Å². The summed E-state index contributed by atoms with van der Waals surface area (Å²) in [4.78, 5) is 20.5. The van der Waals surface area contributed by atoms with Gasteiger partial charge in [-0.1, -0.05) is 35.5 Å². The fourth-order valence-electron chi connectivity index (χ4n) is 3.49. The Morgan fingerprint density at radius 1 is 1.14 bits per heavy atom. The van der Waals surface area contributed by atoms with Crippen LogP contribution in [-0.4, -0.2) is 40.3 Å². The van der Waals surface area contributed by atoms with Crippen molar-refractivity contribution < 1.29 is 9.32 Å². The van der Waals surface area contributed by atoms with Crippen LogP contribution in [0.1, 0.15) is 18.7 Å². The minimum absolute atomic E-state index is 0.0361. The van der Waals surface area contributed by atoms with Crippen molar-refractivity contribution in [2.24, 2.45) is 5.92 Å². The van der Waals surface area contributed by atoms with E-state index in [-0.39, 0.29) is 11.8 Å². The number of carbonyl (C=O) groups is 1. The molecule has 0 saturated carbocycles. The number of hydrogen-bond acceptors (Lipinski definition) is 6. The van der Waals surface area contributed by atoms with Crippen molar-refractivity contribution >= 4 is 23.4 Å². The lowest BCUT2D eigenvalue weighted by Gasteiger charge is -2.30. The molecule has 0 spiro atoms. The maximum Gasteiger partial charge on any atom is 0.241 e. The number of hydrogen-bond donors (Lipinski definition) is 1. The third-order valence-electron chi connectivity index (χ3n) is 5.17. The van der Waals surface area contributed by atoms with E-state index >= 15 is 0 Å². The highest BCUT2D eigenvalue weighted by molar-refractivity contribution is 7.98. The van der Waals surface area contributed by atoms with Gasteiger partial charge in [-0.25, -0.2) is 0 Å². The summed E-state index contributed by atoms with van der Waals surface area (Å²) in [6, 6.07) is 17.8. The first-order valence-electron chi connectivity index (χ1n) is 9.76. The first-order valence-corrected chi connectivity index (χ1v) is 11.0. The second-order valence-electron chi connectivity index (χ2n) is 7.15. The van der Waals surface area contributed by atoms with Crippen molar-refractivity contribution in [2.75, 3.05) is 24.7 Å². The minimum Gasteiger partial charge on any atom is -0.338 e. The summed E-state index contributed by atoms with van der Waals surface area (Å²) >= 11 is 1.69. The van der Waals surface area contributed by atoms with Gasteiger partial charge >= 0.3 is 0 Å². The topological polar surface area (TPSA) is 71.3 Å². The highest BCUT2D eigenvalue weighted by Crippen LogP contribution is 2.23. The quantitative estimate of drug-likeness (QED) is 0.613. The van der Waals surface area contributed by atoms with Gasteiger partial charge in [0.25, 0.3) is 0 Å². The Kier molecular flexibility index (Phi) is 6.27. The molecule has 0 unspecified atom stereocenters. The second-order valence-corrected chi connectivity index (χ2v) is 8.03. The number of carbonyl (C=O) groups excluding carboxylic acids is 1. The number of thioether (sulfide) groups is 1. The summed E-state index contributed by atoms with van der Waals surface area (Å²) in [6.07, 6.45) is 3.70. The van der Waals surface area contributed by atoms with E-state index in [2.05, 4.69) is 20.4 Å². The largest absolute Gasteiger partial charge is 0.338 e. The third kappa shape index (κ3) is 5.05. The van der Waals surface area contributed by atoms with Crippen molar-refractivity contribution in [3.63, 3.8) is 0 Å². The molecular formula is C22H24N4O2S. The molecule has 0 aliphatic carbocycles. The molecule has 1 aliphatic heterocycles. The third-order valence-corrected chi connectivity index (χ3v) is 5.92. The number of rotatable bonds is 6. The zero-order chi connectivity index (χ0) is 20.1. The number of amides is 1. The molecule has 1 aromatic heterocycles. The molecule has 6 nitrogen and oxygen atoms in total. The van der Waals surface area contributed by atoms with Gasteiger partial charge in [-0.3, -0.25) is 9.69 Å². The Balaban J connectivity index is 1.27. The summed E-state index contributed by atoms with van der Waals surface area (Å²) in [5, 5.41) is 7.12. The van der Waals surface area contributed by atoms with Crippen molar-refractivity contribution in [1.82, 2.24) is 15.0 Å². The number of aromatic nitrogens is 2. The maximum atomic E-state index is 12.6. The standard InChI is InChI=1S/C22H24N4O2S/c1-29-19-9-7-18(8-10-19)23-22(27)17-11-13-26(14-12-17)15-20-24-21(25-28-20)16-5-3-2-4-6-16/h2-10,17H,11-15H2,1H3,(H,23,27). The van der Waals surface area contributed by atoms with Gasteiger partial charge in [0.15, 0.2) is 0 Å². The van der Waals surface area contributed by atoms with Crippen LogP contribution in [0.2, 0.25) is 0 Å². The molecular weight excluding hydrogens is 384 g/mol. The van der Waals surface area contributed by atoms with Crippen LogP contribution >= 0.6 is 11.8 Å². The van der Waals surface area contributed by atoms with Crippen molar-refractivity contribution in [3.8, 4) is 11.4 Å². The first-order chi connectivity index (χ1) is 14.2. The lowest BCUT2D eigenvalue weighted by atomic mass is 9.96. The molecule has 1 amide bonds. The van der Waals surface area contributed by atoms with E-state index in [4.69, 9.17) is 4.52 Å². The van der Waals surface area contributed by atoms with E-state index < -0.39 is 0 Å². The lowest BCUT2D eigenvalue weighted by molar-refractivity contribution is -0.121. The van der Waals surface area contributed by atoms with Crippen LogP contribution in [0.15, 0.2) is 64.0 Å². The van der Waals surface area contributed by atoms with Gasteiger partial charge in [-0.2, -0.15) is 4.98 Å². The number of nitrogens with zero attached hydrogens (tertiary/aromatic N) is 3. The maximum absolute atomic E-state index is 12.6. The van der Waals surface area contributed by atoms with Crippen LogP contribution in [-0.2, 0) is 11.3 Å². The predicted octanol–water partition coefficient (Wildman–Crippen LogP) is 4.31. The molecule has 1 N–H and O–H groups in total. The van der Waals surface area contributed by atoms with Gasteiger partial charge in [0.05, 0.1) is 6.54 Å². The molecule has 4 rings (SSSR count). The van der Waals surface area contributed by atoms with Crippen LogP contribution < -0.4 is 5.32 Å². The Bertz CT molecular complexity index is 935. The molecule has 3 aromatic rings. The molecule has 0 atom stereocenters. The molecule has 0 bridgehead atoms. The molecule has 0 radical (unpaired) electrons. The van der Waals surface area contributed by atoms with Crippen molar-refractivity contribution in [2.45, 2.75) is 24.3 Å². The summed E-state index contributed by atoms with van der Waals surface area (Å²) in [7, 11) is 0. The zero-order valence-electron chi connectivity index (χ0n) is 16.4. The van der Waals surface area contributed by atoms with E-state index in [0.717, 1.165) is 37.2 Å². The Hall–Kier alpha value is -2.64. The van der Waals surface area contributed by atoms with Gasteiger partial charge in [0.2, 0.25) is 17.6 Å². The Labute approximate surface area is 174 Å². The number of benzene rings is 2. The van der Waals surface area contributed by atoms with E-state index in [9.17, 15) is 4.79 Å². The van der Waals surface area contributed by atoms with Crippen LogP contribution in [0.25, 0.3) is 11.4 Å². The monoisotopic (exact) mass is 408 g/mol. The average Bonchev–Trinajstić information content (AvgIpc) is 3.24. The van der Waals surface area contributed by atoms with E-state index in [1.807, 2.05) is 60.9 Å². The van der Waals surface area contributed by atoms with E-state index in [1.54, 1.807) is 11.8 Å². The highest BCUT2D eigenvalue weighted by atomic mass is 32.2. The van der Waals surface area contributed by atoms with Crippen LogP contribution in [0.5, 0.6) is 0 Å². The highest BCUT2D eigenvalue weighted by Gasteiger charge is 2.26. The number of anilines is 1. The molecule has 1 aliphatic rings. The molecule has 29 heavy (non-hydrogen) atoms. The first kappa shape index (κ1) is 19.7. The number of piperidine rings is 1. The summed E-state index contributed by atoms with van der Waals surface area (Å²) in [5.41, 5.74) is 1.80. The number of likely N-dealkylation sites (tertiary alicyclic amines) is 1. The molecule has 2 aromatic carbocycles. The Morgan fingerprint density at radius 2 is 1.86 bits per heavy atom. The van der Waals surface area contributed by atoms with Crippen LogP contribution in [0, 0.1) is 5.92 Å². The average molecular weight is 409 g/mol. The fourth-order valence-corrected chi connectivity index (χ4v) is 3.90. The van der Waals surface area contributed by atoms with Gasteiger partial charge < -0.3 is 9.84 Å². The lowest BCUT2D eigenvalue weighted by Crippen LogP contribution is -2.37. The van der Waals surface area contributed by atoms with Crippen molar-refractivity contribution in [3.05, 3.63) is 60.5 Å². The summed E-state index contributed by atoms with van der Waals surface area (Å²) in [5.74, 6) is 1.36. The zero-order valence-corrected chi connectivity index (χ0v) is 17.2. The summed E-state index contributed by atoms with van der Waals surface area (Å²) in [6.45, 7) is 2.30. The van der Waals surface area contributed by atoms with Crippen LogP contribution in [0.4, 0.5) is 5.69 Å². The minimum atomic E-state index is 0.0361. The van der Waals surface area contributed by atoms with Crippen LogP contribution in [0.3, 0.4) is 0 Å². The summed E-state index contributed by atoms with van der Waals surface area (Å²) < 4.78 is 5.41. The molecule has 2 heterocycles. The molecule has 150 valence electrons. The Morgan fingerprint density at radius 3 is 2.55 bits per heavy atom. The van der Waals surface area contributed by atoms with Gasteiger partial charge in [-0.15, -0.1) is 11.8 Å². The fraction of sp³-hybridized carbons (Fsp3) is 0.318. The normalized spacial score (nSPS) is 15.3. The van der Waals surface area contributed by atoms with Gasteiger partial charge in [0.1, 0.15) is 0 Å². The van der Waals surface area contributed by atoms with Gasteiger partial charge in [-0.05, 0) is 56.5 Å². The number of nitrogens with one attached hydrogen (secondary N) is 1. The second kappa shape index (κ2) is 9.24.